The molecule has 0 radical (unpaired) electrons. The molecule has 4 rings (SSSR count). The van der Waals surface area contributed by atoms with Crippen LogP contribution in [0.3, 0.4) is 0 Å². The molecule has 1 aliphatic carbocycles. The van der Waals surface area contributed by atoms with Crippen molar-refractivity contribution in [2.75, 3.05) is 10.2 Å². The lowest BCUT2D eigenvalue weighted by Crippen LogP contribution is -2.42. The van der Waals surface area contributed by atoms with E-state index in [1.54, 1.807) is 28.8 Å². The molecular weight excluding hydrogens is 488 g/mol. The number of thiophene rings is 1. The number of aromatic nitrogens is 2. The number of nitrogens with one attached hydrogen (secondary N) is 1. The first-order valence-electron chi connectivity index (χ1n) is 12.7. The number of carboxylic acids is 1. The van der Waals surface area contributed by atoms with Gasteiger partial charge in [-0.05, 0) is 76.1 Å². The van der Waals surface area contributed by atoms with Gasteiger partial charge in [-0.2, -0.15) is 5.10 Å². The number of aryl methyl sites for hydroxylation is 1. The van der Waals surface area contributed by atoms with Crippen LogP contribution in [-0.2, 0) is 11.8 Å². The smallest absolute Gasteiger partial charge is 0.348 e. The van der Waals surface area contributed by atoms with Gasteiger partial charge in [0.15, 0.2) is 0 Å². The Hall–Kier alpha value is -3.46. The molecule has 2 aromatic heterocycles. The summed E-state index contributed by atoms with van der Waals surface area (Å²) in [5, 5.41) is 17.0. The molecule has 0 atom stereocenters. The van der Waals surface area contributed by atoms with Gasteiger partial charge in [0.25, 0.3) is 5.91 Å². The highest BCUT2D eigenvalue weighted by atomic mass is 32.1. The van der Waals surface area contributed by atoms with Gasteiger partial charge in [0.1, 0.15) is 4.88 Å². The molecule has 1 fully saturated rings. The van der Waals surface area contributed by atoms with E-state index in [1.807, 2.05) is 39.0 Å². The zero-order valence-corrected chi connectivity index (χ0v) is 22.8. The van der Waals surface area contributed by atoms with E-state index in [1.165, 1.54) is 6.20 Å². The number of amides is 2. The summed E-state index contributed by atoms with van der Waals surface area (Å²) in [6.07, 6.45) is 5.26. The Morgan fingerprint density at radius 3 is 2.32 bits per heavy atom. The van der Waals surface area contributed by atoms with Crippen LogP contribution < -0.4 is 10.2 Å². The summed E-state index contributed by atoms with van der Waals surface area (Å²) >= 11 is 1.16. The Labute approximate surface area is 221 Å². The number of nitrogens with zero attached hydrogens (tertiary/aromatic N) is 3. The van der Waals surface area contributed by atoms with Crippen LogP contribution in [0.25, 0.3) is 10.4 Å². The van der Waals surface area contributed by atoms with Crippen molar-refractivity contribution in [3.63, 3.8) is 0 Å². The summed E-state index contributed by atoms with van der Waals surface area (Å²) < 4.78 is 1.65. The van der Waals surface area contributed by atoms with Crippen molar-refractivity contribution < 1.29 is 19.5 Å². The molecule has 37 heavy (non-hydrogen) atoms. The van der Waals surface area contributed by atoms with E-state index < -0.39 is 5.97 Å². The maximum absolute atomic E-state index is 13.5. The van der Waals surface area contributed by atoms with Gasteiger partial charge in [-0.25, -0.2) is 4.79 Å². The molecule has 2 amide bonds. The van der Waals surface area contributed by atoms with Crippen molar-refractivity contribution in [1.82, 2.24) is 9.78 Å². The van der Waals surface area contributed by atoms with E-state index in [-0.39, 0.29) is 28.7 Å². The van der Waals surface area contributed by atoms with Gasteiger partial charge in [0.2, 0.25) is 5.91 Å². The minimum absolute atomic E-state index is 0.0116. The Morgan fingerprint density at radius 2 is 1.78 bits per heavy atom. The van der Waals surface area contributed by atoms with E-state index in [4.69, 9.17) is 0 Å². The third-order valence-electron chi connectivity index (χ3n) is 7.19. The summed E-state index contributed by atoms with van der Waals surface area (Å²) in [6, 6.07) is 8.90. The van der Waals surface area contributed by atoms with E-state index in [9.17, 15) is 19.5 Å². The summed E-state index contributed by atoms with van der Waals surface area (Å²) in [4.78, 5) is 40.9. The highest BCUT2D eigenvalue weighted by molar-refractivity contribution is 7.18. The minimum atomic E-state index is -1.04. The molecule has 1 aromatic carbocycles. The van der Waals surface area contributed by atoms with Crippen LogP contribution in [0.5, 0.6) is 0 Å². The lowest BCUT2D eigenvalue weighted by molar-refractivity contribution is -0.123. The highest BCUT2D eigenvalue weighted by Gasteiger charge is 2.33. The summed E-state index contributed by atoms with van der Waals surface area (Å²) in [5.41, 5.74) is 3.17. The quantitative estimate of drug-likeness (QED) is 0.397. The van der Waals surface area contributed by atoms with Crippen molar-refractivity contribution in [3.05, 3.63) is 52.7 Å². The molecule has 2 heterocycles. The van der Waals surface area contributed by atoms with E-state index in [0.29, 0.717) is 22.9 Å². The van der Waals surface area contributed by atoms with Gasteiger partial charge in [-0.1, -0.05) is 19.1 Å². The van der Waals surface area contributed by atoms with Crippen LogP contribution in [0, 0.1) is 18.8 Å². The number of anilines is 2. The van der Waals surface area contributed by atoms with Crippen LogP contribution in [0.1, 0.15) is 72.2 Å². The number of hydrogen-bond acceptors (Lipinski definition) is 5. The van der Waals surface area contributed by atoms with Crippen molar-refractivity contribution in [1.29, 1.82) is 0 Å². The van der Waals surface area contributed by atoms with Gasteiger partial charge in [0, 0.05) is 35.3 Å². The molecular formula is C28H34N4O4S. The maximum Gasteiger partial charge on any atom is 0.348 e. The second kappa shape index (κ2) is 10.9. The fourth-order valence-electron chi connectivity index (χ4n) is 4.85. The topological polar surface area (TPSA) is 105 Å². The summed E-state index contributed by atoms with van der Waals surface area (Å²) in [6.45, 7) is 7.89. The Bertz CT molecular complexity index is 1300. The number of hydrogen-bond donors (Lipinski definition) is 2. The molecule has 0 spiro atoms. The number of carboxylic acid groups (broad SMARTS) is 1. The minimum Gasteiger partial charge on any atom is -0.477 e. The summed E-state index contributed by atoms with van der Waals surface area (Å²) in [7, 11) is 1.78. The molecule has 8 nitrogen and oxygen atoms in total. The second-order valence-electron chi connectivity index (χ2n) is 10.2. The van der Waals surface area contributed by atoms with E-state index in [2.05, 4.69) is 17.3 Å². The van der Waals surface area contributed by atoms with Crippen LogP contribution >= 0.6 is 11.3 Å². The van der Waals surface area contributed by atoms with Crippen LogP contribution in [-0.4, -0.2) is 38.7 Å². The maximum atomic E-state index is 13.5. The lowest BCUT2D eigenvalue weighted by atomic mass is 9.82. The fraction of sp³-hybridized carbons (Fsp3) is 0.429. The molecule has 196 valence electrons. The monoisotopic (exact) mass is 522 g/mol. The molecule has 0 bridgehead atoms. The lowest BCUT2D eigenvalue weighted by Gasteiger charge is -2.33. The molecule has 3 aromatic rings. The predicted octanol–water partition coefficient (Wildman–Crippen LogP) is 5.98. The van der Waals surface area contributed by atoms with Crippen molar-refractivity contribution >= 4 is 40.5 Å². The van der Waals surface area contributed by atoms with Gasteiger partial charge < -0.3 is 15.3 Å². The molecule has 9 heteroatoms. The first-order chi connectivity index (χ1) is 17.6. The Kier molecular flexibility index (Phi) is 7.82. The first kappa shape index (κ1) is 26.6. The number of benzene rings is 1. The predicted molar refractivity (Wildman–Crippen MR) is 146 cm³/mol. The number of aromatic carboxylic acids is 1. The Balaban J connectivity index is 1.58. The first-order valence-corrected chi connectivity index (χ1v) is 13.5. The van der Waals surface area contributed by atoms with E-state index in [0.717, 1.165) is 53.2 Å². The van der Waals surface area contributed by atoms with Gasteiger partial charge in [-0.3, -0.25) is 14.3 Å². The average Bonchev–Trinajstić information content (AvgIpc) is 3.44. The SMILES string of the molecule is Cc1c(C(=O)Nc2ccc(-c3cc(N(C(=O)[C@H]4CC[C@H](C)CC4)C(C)C)c(C(=O)O)s3)cc2)cnn1C. The fourth-order valence-corrected chi connectivity index (χ4v) is 5.84. The third kappa shape index (κ3) is 5.61. The summed E-state index contributed by atoms with van der Waals surface area (Å²) in [5.74, 6) is -0.724. The molecule has 0 saturated heterocycles. The van der Waals surface area contributed by atoms with Crippen LogP contribution in [0.15, 0.2) is 36.5 Å². The largest absolute Gasteiger partial charge is 0.477 e. The average molecular weight is 523 g/mol. The van der Waals surface area contributed by atoms with Crippen molar-refractivity contribution in [2.45, 2.75) is 59.4 Å². The zero-order chi connectivity index (χ0) is 26.9. The number of rotatable bonds is 7. The van der Waals surface area contributed by atoms with Crippen LogP contribution in [0.2, 0.25) is 0 Å². The van der Waals surface area contributed by atoms with E-state index >= 15 is 0 Å². The second-order valence-corrected chi connectivity index (χ2v) is 11.2. The van der Waals surface area contributed by atoms with Crippen molar-refractivity contribution in [3.8, 4) is 10.4 Å². The number of carbonyl (C=O) groups is 3. The molecule has 0 aliphatic heterocycles. The Morgan fingerprint density at radius 1 is 1.14 bits per heavy atom. The number of carbonyl (C=O) groups excluding carboxylic acids is 2. The highest BCUT2D eigenvalue weighted by Crippen LogP contribution is 2.40. The van der Waals surface area contributed by atoms with Gasteiger partial charge in [0.05, 0.1) is 17.4 Å². The van der Waals surface area contributed by atoms with Gasteiger partial charge in [-0.15, -0.1) is 11.3 Å². The zero-order valence-electron chi connectivity index (χ0n) is 21.9. The normalized spacial score (nSPS) is 17.6. The van der Waals surface area contributed by atoms with Gasteiger partial charge >= 0.3 is 5.97 Å². The molecule has 2 N–H and O–H groups in total. The van der Waals surface area contributed by atoms with Crippen molar-refractivity contribution in [2.24, 2.45) is 18.9 Å². The third-order valence-corrected chi connectivity index (χ3v) is 8.35. The molecule has 0 unspecified atom stereocenters. The molecule has 1 saturated carbocycles. The van der Waals surface area contributed by atoms with Crippen LogP contribution in [0.4, 0.5) is 11.4 Å². The standard InChI is InChI=1S/C28H34N4O4S/c1-16(2)32(27(34)20-8-6-17(3)7-9-20)23-14-24(37-25(23)28(35)36)19-10-12-21(13-11-19)30-26(33)22-15-29-31(5)18(22)4/h10-17,20H,6-9H2,1-5H3,(H,30,33)(H,35,36)/t17-,20-. The molecule has 1 aliphatic rings.